The van der Waals surface area contributed by atoms with Gasteiger partial charge in [-0.3, -0.25) is 10.8 Å². The van der Waals surface area contributed by atoms with Gasteiger partial charge >= 0.3 is 0 Å². The molecule has 0 saturated carbocycles. The summed E-state index contributed by atoms with van der Waals surface area (Å²) in [5.41, 5.74) is 3.03. The van der Waals surface area contributed by atoms with Gasteiger partial charge in [0.15, 0.2) is 23.0 Å². The number of phenolic OH excluding ortho intramolecular Hbond substituents is 4. The van der Waals surface area contributed by atoms with E-state index in [4.69, 9.17) is 20.3 Å². The minimum absolute atomic E-state index is 0.126. The van der Waals surface area contributed by atoms with E-state index in [1.807, 2.05) is 32.9 Å². The fourth-order valence-corrected chi connectivity index (χ4v) is 5.19. The normalized spacial score (nSPS) is 13.9. The van der Waals surface area contributed by atoms with Crippen LogP contribution in [-0.4, -0.2) is 32.2 Å². The lowest BCUT2D eigenvalue weighted by atomic mass is 9.87. The van der Waals surface area contributed by atoms with Crippen LogP contribution in [0.15, 0.2) is 24.3 Å². The Morgan fingerprint density at radius 2 is 1.47 bits per heavy atom. The molecule has 0 saturated heterocycles. The van der Waals surface area contributed by atoms with Gasteiger partial charge in [-0.2, -0.15) is 0 Å². The molecular formula is C26H20N2O6. The topological polar surface area (TPSA) is 147 Å². The van der Waals surface area contributed by atoms with Gasteiger partial charge in [0, 0.05) is 21.9 Å². The summed E-state index contributed by atoms with van der Waals surface area (Å²) in [6, 6.07) is 6.89. The molecule has 0 aliphatic carbocycles. The van der Waals surface area contributed by atoms with Crippen molar-refractivity contribution in [2.45, 2.75) is 26.7 Å². The zero-order valence-corrected chi connectivity index (χ0v) is 18.5. The van der Waals surface area contributed by atoms with Crippen LogP contribution in [0, 0.1) is 17.7 Å². The first-order chi connectivity index (χ1) is 16.1. The quantitative estimate of drug-likeness (QED) is 0.224. The van der Waals surface area contributed by atoms with Crippen LogP contribution >= 0.6 is 0 Å². The lowest BCUT2D eigenvalue weighted by Crippen LogP contribution is -2.02. The predicted molar refractivity (Wildman–Crippen MR) is 127 cm³/mol. The highest BCUT2D eigenvalue weighted by molar-refractivity contribution is 6.20. The van der Waals surface area contributed by atoms with Gasteiger partial charge < -0.3 is 29.9 Å². The van der Waals surface area contributed by atoms with Crippen molar-refractivity contribution in [1.82, 2.24) is 0 Å². The number of ether oxygens (including phenoxy) is 2. The van der Waals surface area contributed by atoms with Gasteiger partial charge in [0.25, 0.3) is 0 Å². The van der Waals surface area contributed by atoms with Crippen LogP contribution < -0.4 is 9.47 Å². The van der Waals surface area contributed by atoms with E-state index < -0.39 is 5.75 Å². The van der Waals surface area contributed by atoms with Gasteiger partial charge in [-0.05, 0) is 59.0 Å². The fourth-order valence-electron chi connectivity index (χ4n) is 5.19. The van der Waals surface area contributed by atoms with E-state index >= 15 is 0 Å². The highest BCUT2D eigenvalue weighted by Gasteiger charge is 2.34. The van der Waals surface area contributed by atoms with Gasteiger partial charge in [-0.15, -0.1) is 0 Å². The number of nitrogens with one attached hydrogen (secondary N) is 2. The van der Waals surface area contributed by atoms with Crippen molar-refractivity contribution in [2.24, 2.45) is 0 Å². The van der Waals surface area contributed by atoms with E-state index in [9.17, 15) is 20.4 Å². The summed E-state index contributed by atoms with van der Waals surface area (Å²) in [6.07, 6.45) is 0. The number of rotatable bonds is 2. The average Bonchev–Trinajstić information content (AvgIpc) is 3.29. The van der Waals surface area contributed by atoms with E-state index in [-0.39, 0.29) is 46.1 Å². The third-order valence-electron chi connectivity index (χ3n) is 6.70. The smallest absolute Gasteiger partial charge is 0.223 e. The molecule has 0 aromatic heterocycles. The first-order valence-corrected chi connectivity index (χ1v) is 10.7. The summed E-state index contributed by atoms with van der Waals surface area (Å²) in [5.74, 6) is -1.17. The highest BCUT2D eigenvalue weighted by atomic mass is 16.5. The fraction of sp³-hybridized carbons (Fsp3) is 0.154. The molecule has 0 spiro atoms. The van der Waals surface area contributed by atoms with Gasteiger partial charge in [0.05, 0.1) is 11.1 Å². The third-order valence-corrected chi connectivity index (χ3v) is 6.70. The largest absolute Gasteiger partial charge is 0.504 e. The van der Waals surface area contributed by atoms with Crippen molar-refractivity contribution < 1.29 is 29.9 Å². The van der Waals surface area contributed by atoms with Crippen molar-refractivity contribution in [2.75, 3.05) is 0 Å². The number of phenols is 4. The maximum atomic E-state index is 10.8. The molecule has 0 unspecified atom stereocenters. The summed E-state index contributed by atoms with van der Waals surface area (Å²) in [5, 5.41) is 60.6. The van der Waals surface area contributed by atoms with Crippen molar-refractivity contribution in [3.05, 3.63) is 46.5 Å². The summed E-state index contributed by atoms with van der Waals surface area (Å²) in [7, 11) is 0. The Labute approximate surface area is 193 Å². The molecule has 8 nitrogen and oxygen atoms in total. The molecule has 0 amide bonds. The summed E-state index contributed by atoms with van der Waals surface area (Å²) in [4.78, 5) is 0. The molecule has 0 radical (unpaired) electrons. The Kier molecular flexibility index (Phi) is 3.75. The maximum Gasteiger partial charge on any atom is 0.223 e. The molecule has 2 heterocycles. The predicted octanol–water partition coefficient (Wildman–Crippen LogP) is 5.35. The second kappa shape index (κ2) is 6.32. The monoisotopic (exact) mass is 456 g/mol. The Morgan fingerprint density at radius 1 is 0.794 bits per heavy atom. The number of aromatic hydroxyl groups is 4. The summed E-state index contributed by atoms with van der Waals surface area (Å²) >= 11 is 0. The molecule has 0 atom stereocenters. The standard InChI is InChI=1S/C26H20N2O6/c1-8(2)16-13-7-12(9(3)24-18(13)20(26(28)34-24)23(32)22(16)31)10-4-11-5-14(29)21(30)19-17(11)15(6-10)33-25(19)27/h4-8,27-32H,1-3H3. The van der Waals surface area contributed by atoms with Gasteiger partial charge in [0.1, 0.15) is 11.5 Å². The zero-order valence-electron chi connectivity index (χ0n) is 18.5. The molecule has 4 aromatic carbocycles. The molecule has 6 N–H and O–H groups in total. The van der Waals surface area contributed by atoms with Gasteiger partial charge in [0.2, 0.25) is 11.8 Å². The Balaban J connectivity index is 1.72. The molecule has 0 fully saturated rings. The minimum atomic E-state index is -0.393. The highest BCUT2D eigenvalue weighted by Crippen LogP contribution is 2.53. The first kappa shape index (κ1) is 20.2. The molecule has 170 valence electrons. The minimum Gasteiger partial charge on any atom is -0.504 e. The first-order valence-electron chi connectivity index (χ1n) is 10.7. The van der Waals surface area contributed by atoms with Crippen LogP contribution in [0.25, 0.3) is 32.7 Å². The summed E-state index contributed by atoms with van der Waals surface area (Å²) in [6.45, 7) is 5.66. The van der Waals surface area contributed by atoms with E-state index in [0.29, 0.717) is 44.2 Å². The van der Waals surface area contributed by atoms with Gasteiger partial charge in [-0.25, -0.2) is 0 Å². The van der Waals surface area contributed by atoms with E-state index in [2.05, 4.69) is 0 Å². The average molecular weight is 456 g/mol. The molecule has 0 bridgehead atoms. The Bertz CT molecular complexity index is 1670. The SMILES string of the molecule is Cc1c(-c2cc3c4c(c(O)c(O)cc4c2)C(=N)O3)cc2c(C(C)C)c(O)c(O)c3c2c1OC3=N. The van der Waals surface area contributed by atoms with Crippen molar-refractivity contribution in [3.8, 4) is 45.6 Å². The van der Waals surface area contributed by atoms with Crippen LogP contribution in [0.1, 0.15) is 42.0 Å². The van der Waals surface area contributed by atoms with Crippen LogP contribution in [-0.2, 0) is 0 Å². The molecule has 6 rings (SSSR count). The third kappa shape index (κ3) is 2.31. The second-order valence-electron chi connectivity index (χ2n) is 9.00. The molecule has 4 aromatic rings. The molecular weight excluding hydrogens is 436 g/mol. The lowest BCUT2D eigenvalue weighted by Gasteiger charge is -2.18. The van der Waals surface area contributed by atoms with E-state index in [0.717, 1.165) is 11.1 Å². The van der Waals surface area contributed by atoms with Gasteiger partial charge in [-0.1, -0.05) is 13.8 Å². The number of hydrogen-bond acceptors (Lipinski definition) is 8. The van der Waals surface area contributed by atoms with Crippen LogP contribution in [0.5, 0.6) is 34.5 Å². The zero-order chi connectivity index (χ0) is 24.2. The van der Waals surface area contributed by atoms with Crippen LogP contribution in [0.2, 0.25) is 0 Å². The molecule has 2 aliphatic heterocycles. The van der Waals surface area contributed by atoms with Crippen molar-refractivity contribution in [1.29, 1.82) is 10.8 Å². The lowest BCUT2D eigenvalue weighted by molar-refractivity contribution is 0.398. The van der Waals surface area contributed by atoms with Crippen molar-refractivity contribution >= 4 is 33.3 Å². The molecule has 2 aliphatic rings. The van der Waals surface area contributed by atoms with Crippen LogP contribution in [0.3, 0.4) is 0 Å². The maximum absolute atomic E-state index is 10.8. The Morgan fingerprint density at radius 3 is 2.18 bits per heavy atom. The van der Waals surface area contributed by atoms with Crippen molar-refractivity contribution in [3.63, 3.8) is 0 Å². The van der Waals surface area contributed by atoms with E-state index in [1.165, 1.54) is 6.07 Å². The van der Waals surface area contributed by atoms with Crippen LogP contribution in [0.4, 0.5) is 0 Å². The molecule has 34 heavy (non-hydrogen) atoms. The summed E-state index contributed by atoms with van der Waals surface area (Å²) < 4.78 is 11.4. The molecule has 8 heteroatoms. The second-order valence-corrected chi connectivity index (χ2v) is 9.00. The number of hydrogen-bond donors (Lipinski definition) is 6. The van der Waals surface area contributed by atoms with E-state index in [1.54, 1.807) is 6.07 Å². The Hall–Kier alpha value is -4.46. The number of benzene rings is 4.